The minimum absolute atomic E-state index is 0.148. The summed E-state index contributed by atoms with van der Waals surface area (Å²) < 4.78 is 0. The molecule has 1 aliphatic rings. The molecule has 0 spiro atoms. The molecule has 3 heteroatoms. The van der Waals surface area contributed by atoms with Gasteiger partial charge in [-0.05, 0) is 25.2 Å². The number of hydrogen-bond acceptors (Lipinski definition) is 3. The highest BCUT2D eigenvalue weighted by Gasteiger charge is 2.32. The van der Waals surface area contributed by atoms with E-state index in [9.17, 15) is 5.11 Å². The average Bonchev–Trinajstić information content (AvgIpc) is 2.15. The molecule has 0 aromatic heterocycles. The molecule has 1 fully saturated rings. The van der Waals surface area contributed by atoms with Gasteiger partial charge in [0, 0.05) is 25.2 Å². The van der Waals surface area contributed by atoms with Gasteiger partial charge in [0.15, 0.2) is 0 Å². The smallest absolute Gasteiger partial charge is 0.0599 e. The Morgan fingerprint density at radius 3 is 2.57 bits per heavy atom. The van der Waals surface area contributed by atoms with Gasteiger partial charge >= 0.3 is 0 Å². The lowest BCUT2D eigenvalue weighted by Crippen LogP contribution is -2.54. The molecular weight excluding hydrogens is 176 g/mol. The number of aliphatic hydroxyl groups excluding tert-OH is 1. The fourth-order valence-corrected chi connectivity index (χ4v) is 2.56. The highest BCUT2D eigenvalue weighted by atomic mass is 16.3. The van der Waals surface area contributed by atoms with Gasteiger partial charge in [-0.25, -0.2) is 0 Å². The van der Waals surface area contributed by atoms with E-state index in [-0.39, 0.29) is 12.6 Å². The van der Waals surface area contributed by atoms with Crippen LogP contribution in [0.1, 0.15) is 27.2 Å². The first kappa shape index (κ1) is 12.0. The van der Waals surface area contributed by atoms with Crippen molar-refractivity contribution in [3.05, 3.63) is 0 Å². The van der Waals surface area contributed by atoms with Crippen molar-refractivity contribution in [1.82, 2.24) is 4.90 Å². The molecule has 0 aliphatic carbocycles. The summed E-state index contributed by atoms with van der Waals surface area (Å²) in [6, 6.07) is 0.696. The van der Waals surface area contributed by atoms with Gasteiger partial charge in [-0.1, -0.05) is 13.8 Å². The van der Waals surface area contributed by atoms with Crippen LogP contribution in [0.2, 0.25) is 0 Å². The lowest BCUT2D eigenvalue weighted by Gasteiger charge is -2.44. The number of nitrogens with two attached hydrogens (primary N) is 1. The molecule has 1 saturated heterocycles. The summed E-state index contributed by atoms with van der Waals surface area (Å²) in [5.41, 5.74) is 5.67. The van der Waals surface area contributed by atoms with Gasteiger partial charge in [0.05, 0.1) is 6.61 Å². The third-order valence-corrected chi connectivity index (χ3v) is 3.60. The van der Waals surface area contributed by atoms with Crippen LogP contribution in [-0.2, 0) is 0 Å². The molecule has 0 radical (unpaired) electrons. The van der Waals surface area contributed by atoms with Crippen LogP contribution < -0.4 is 5.73 Å². The summed E-state index contributed by atoms with van der Waals surface area (Å²) in [6.45, 7) is 8.63. The number of nitrogens with zero attached hydrogens (tertiary/aromatic N) is 1. The van der Waals surface area contributed by atoms with Gasteiger partial charge in [-0.2, -0.15) is 0 Å². The fraction of sp³-hybridized carbons (Fsp3) is 1.00. The summed E-state index contributed by atoms with van der Waals surface area (Å²) in [5.74, 6) is 1.43. The minimum atomic E-state index is 0.148. The number of piperidine rings is 1. The van der Waals surface area contributed by atoms with Crippen LogP contribution in [0.15, 0.2) is 0 Å². The Hall–Kier alpha value is -0.120. The molecule has 0 amide bonds. The average molecular weight is 200 g/mol. The van der Waals surface area contributed by atoms with E-state index in [1.807, 2.05) is 0 Å². The third kappa shape index (κ3) is 2.47. The summed E-state index contributed by atoms with van der Waals surface area (Å²) in [5, 5.41) is 9.25. The van der Waals surface area contributed by atoms with Crippen LogP contribution >= 0.6 is 0 Å². The maximum atomic E-state index is 9.25. The lowest BCUT2D eigenvalue weighted by atomic mass is 9.85. The largest absolute Gasteiger partial charge is 0.395 e. The van der Waals surface area contributed by atoms with Crippen LogP contribution in [0, 0.1) is 11.8 Å². The van der Waals surface area contributed by atoms with Crippen molar-refractivity contribution in [2.45, 2.75) is 39.3 Å². The Kier molecular flexibility index (Phi) is 4.35. The Labute approximate surface area is 87.3 Å². The van der Waals surface area contributed by atoms with Crippen LogP contribution in [0.25, 0.3) is 0 Å². The predicted octanol–water partition coefficient (Wildman–Crippen LogP) is 0.672. The van der Waals surface area contributed by atoms with Gasteiger partial charge in [0.2, 0.25) is 0 Å². The molecular formula is C11H24N2O. The van der Waals surface area contributed by atoms with Crippen LogP contribution in [0.3, 0.4) is 0 Å². The third-order valence-electron chi connectivity index (χ3n) is 3.60. The molecule has 1 aliphatic heterocycles. The molecule has 0 saturated carbocycles. The van der Waals surface area contributed by atoms with Crippen molar-refractivity contribution < 1.29 is 5.11 Å². The fourth-order valence-electron chi connectivity index (χ4n) is 2.56. The maximum Gasteiger partial charge on any atom is 0.0599 e. The van der Waals surface area contributed by atoms with Gasteiger partial charge < -0.3 is 10.8 Å². The molecule has 4 unspecified atom stereocenters. The van der Waals surface area contributed by atoms with Gasteiger partial charge in [-0.15, -0.1) is 0 Å². The van der Waals surface area contributed by atoms with Crippen LogP contribution in [-0.4, -0.2) is 41.8 Å². The van der Waals surface area contributed by atoms with E-state index in [0.29, 0.717) is 18.5 Å². The van der Waals surface area contributed by atoms with E-state index in [4.69, 9.17) is 5.73 Å². The first-order valence-corrected chi connectivity index (χ1v) is 5.66. The molecule has 1 rings (SSSR count). The van der Waals surface area contributed by atoms with E-state index in [1.54, 1.807) is 0 Å². The first-order valence-electron chi connectivity index (χ1n) is 5.66. The van der Waals surface area contributed by atoms with Crippen molar-refractivity contribution in [3.63, 3.8) is 0 Å². The highest BCUT2D eigenvalue weighted by Crippen LogP contribution is 2.28. The van der Waals surface area contributed by atoms with Crippen molar-refractivity contribution in [3.8, 4) is 0 Å². The quantitative estimate of drug-likeness (QED) is 0.704. The van der Waals surface area contributed by atoms with Crippen molar-refractivity contribution in [2.75, 3.05) is 19.7 Å². The van der Waals surface area contributed by atoms with Crippen molar-refractivity contribution >= 4 is 0 Å². The topological polar surface area (TPSA) is 49.5 Å². The Morgan fingerprint density at radius 1 is 1.43 bits per heavy atom. The van der Waals surface area contributed by atoms with E-state index >= 15 is 0 Å². The summed E-state index contributed by atoms with van der Waals surface area (Å²) in [7, 11) is 0. The molecule has 3 nitrogen and oxygen atoms in total. The zero-order valence-corrected chi connectivity index (χ0v) is 9.61. The zero-order chi connectivity index (χ0) is 10.7. The molecule has 3 N–H and O–H groups in total. The van der Waals surface area contributed by atoms with Crippen LogP contribution in [0.5, 0.6) is 0 Å². The summed E-state index contributed by atoms with van der Waals surface area (Å²) in [4.78, 5) is 2.37. The Morgan fingerprint density at radius 2 is 2.07 bits per heavy atom. The Balaban J connectivity index is 2.64. The molecule has 0 bridgehead atoms. The SMILES string of the molecule is CC1CC(C)C(C)N(C(CN)CO)C1. The Bertz CT molecular complexity index is 169. The second-order valence-corrected chi connectivity index (χ2v) is 4.83. The maximum absolute atomic E-state index is 9.25. The highest BCUT2D eigenvalue weighted by molar-refractivity contribution is 4.86. The van der Waals surface area contributed by atoms with Crippen molar-refractivity contribution in [1.29, 1.82) is 0 Å². The lowest BCUT2D eigenvalue weighted by molar-refractivity contribution is 0.0201. The molecule has 1 heterocycles. The molecule has 14 heavy (non-hydrogen) atoms. The number of likely N-dealkylation sites (tertiary alicyclic amines) is 1. The van der Waals surface area contributed by atoms with Crippen molar-refractivity contribution in [2.24, 2.45) is 17.6 Å². The zero-order valence-electron chi connectivity index (χ0n) is 9.61. The monoisotopic (exact) mass is 200 g/mol. The normalized spacial score (nSPS) is 37.1. The van der Waals surface area contributed by atoms with Gasteiger partial charge in [0.25, 0.3) is 0 Å². The first-order chi connectivity index (χ1) is 6.60. The second-order valence-electron chi connectivity index (χ2n) is 4.83. The van der Waals surface area contributed by atoms with E-state index in [1.165, 1.54) is 6.42 Å². The predicted molar refractivity (Wildman–Crippen MR) is 59.0 cm³/mol. The number of rotatable bonds is 3. The van der Waals surface area contributed by atoms with Gasteiger partial charge in [-0.3, -0.25) is 4.90 Å². The standard InChI is InChI=1S/C11H24N2O/c1-8-4-9(2)10(3)13(6-8)11(5-12)7-14/h8-11,14H,4-7,12H2,1-3H3. The summed E-state index contributed by atoms with van der Waals surface area (Å²) >= 11 is 0. The molecule has 4 atom stereocenters. The molecule has 84 valence electrons. The van der Waals surface area contributed by atoms with E-state index in [0.717, 1.165) is 12.5 Å². The van der Waals surface area contributed by atoms with E-state index in [2.05, 4.69) is 25.7 Å². The second kappa shape index (κ2) is 5.10. The number of aliphatic hydroxyl groups is 1. The summed E-state index contributed by atoms with van der Waals surface area (Å²) in [6.07, 6.45) is 1.29. The van der Waals surface area contributed by atoms with E-state index < -0.39 is 0 Å². The van der Waals surface area contributed by atoms with Gasteiger partial charge in [0.1, 0.15) is 0 Å². The molecule has 0 aromatic rings. The molecule has 0 aromatic carbocycles. The number of hydrogen-bond donors (Lipinski definition) is 2. The van der Waals surface area contributed by atoms with Crippen LogP contribution in [0.4, 0.5) is 0 Å². The minimum Gasteiger partial charge on any atom is -0.395 e.